The van der Waals surface area contributed by atoms with E-state index in [1.54, 1.807) is 6.92 Å². The van der Waals surface area contributed by atoms with E-state index in [1.165, 1.54) is 11.3 Å². The van der Waals surface area contributed by atoms with Crippen molar-refractivity contribution in [2.45, 2.75) is 20.8 Å². The van der Waals surface area contributed by atoms with E-state index in [-0.39, 0.29) is 18.4 Å². The van der Waals surface area contributed by atoms with Crippen LogP contribution in [0.4, 0.5) is 5.13 Å². The van der Waals surface area contributed by atoms with E-state index in [0.717, 1.165) is 27.8 Å². The SMILES string of the molecule is CCOC(=O)c1c(C)[nH]c(C)c1-c1csc(NC)n1.Cl. The first-order valence-electron chi connectivity index (χ1n) is 6.08. The Bertz CT molecular complexity index is 607. The summed E-state index contributed by atoms with van der Waals surface area (Å²) < 4.78 is 5.12. The molecule has 2 aromatic heterocycles. The lowest BCUT2D eigenvalue weighted by molar-refractivity contribution is 0.0526. The van der Waals surface area contributed by atoms with Crippen molar-refractivity contribution in [3.63, 3.8) is 0 Å². The van der Waals surface area contributed by atoms with Crippen LogP contribution in [0.2, 0.25) is 0 Å². The quantitative estimate of drug-likeness (QED) is 0.849. The predicted octanol–water partition coefficient (Wildman–Crippen LogP) is 3.40. The van der Waals surface area contributed by atoms with Crippen molar-refractivity contribution >= 4 is 34.8 Å². The van der Waals surface area contributed by atoms with Crippen molar-refractivity contribution in [3.05, 3.63) is 22.3 Å². The minimum Gasteiger partial charge on any atom is -0.462 e. The van der Waals surface area contributed by atoms with E-state index in [4.69, 9.17) is 4.74 Å². The first-order valence-corrected chi connectivity index (χ1v) is 6.96. The van der Waals surface area contributed by atoms with E-state index in [0.29, 0.717) is 12.2 Å². The van der Waals surface area contributed by atoms with Gasteiger partial charge in [0.05, 0.1) is 17.9 Å². The molecular formula is C13H18ClN3O2S. The summed E-state index contributed by atoms with van der Waals surface area (Å²) in [5.74, 6) is -0.307. The summed E-state index contributed by atoms with van der Waals surface area (Å²) in [5, 5.41) is 5.76. The number of aryl methyl sites for hydroxylation is 2. The average Bonchev–Trinajstić information content (AvgIpc) is 2.93. The molecule has 0 bridgehead atoms. The third-order valence-electron chi connectivity index (χ3n) is 2.83. The molecule has 0 unspecified atom stereocenters. The van der Waals surface area contributed by atoms with Crippen molar-refractivity contribution < 1.29 is 9.53 Å². The number of nitrogens with zero attached hydrogens (tertiary/aromatic N) is 1. The van der Waals surface area contributed by atoms with Crippen LogP contribution >= 0.6 is 23.7 Å². The second-order valence-electron chi connectivity index (χ2n) is 4.13. The number of anilines is 1. The zero-order valence-corrected chi connectivity index (χ0v) is 13.5. The first kappa shape index (κ1) is 16.5. The maximum absolute atomic E-state index is 12.1. The van der Waals surface area contributed by atoms with Crippen molar-refractivity contribution in [1.82, 2.24) is 9.97 Å². The van der Waals surface area contributed by atoms with E-state index in [2.05, 4.69) is 15.3 Å². The number of halogens is 1. The second-order valence-corrected chi connectivity index (χ2v) is 4.99. The highest BCUT2D eigenvalue weighted by molar-refractivity contribution is 7.14. The Morgan fingerprint density at radius 3 is 2.70 bits per heavy atom. The normalized spacial score (nSPS) is 10.0. The first-order chi connectivity index (χ1) is 9.08. The van der Waals surface area contributed by atoms with Gasteiger partial charge in [-0.05, 0) is 20.8 Å². The Morgan fingerprint density at radius 1 is 1.45 bits per heavy atom. The van der Waals surface area contributed by atoms with E-state index < -0.39 is 0 Å². The molecule has 0 spiro atoms. The number of hydrogen-bond acceptors (Lipinski definition) is 5. The van der Waals surface area contributed by atoms with Crippen LogP contribution in [0.25, 0.3) is 11.3 Å². The Kier molecular flexibility index (Phi) is 5.59. The fourth-order valence-corrected chi connectivity index (χ4v) is 2.73. The minimum absolute atomic E-state index is 0. The topological polar surface area (TPSA) is 67.0 Å². The fourth-order valence-electron chi connectivity index (χ4n) is 2.06. The number of hydrogen-bond donors (Lipinski definition) is 2. The highest BCUT2D eigenvalue weighted by Gasteiger charge is 2.23. The molecule has 2 aromatic rings. The van der Waals surface area contributed by atoms with Crippen LogP contribution in [0.5, 0.6) is 0 Å². The van der Waals surface area contributed by atoms with Gasteiger partial charge < -0.3 is 15.0 Å². The molecule has 0 radical (unpaired) electrons. The average molecular weight is 316 g/mol. The molecular weight excluding hydrogens is 298 g/mol. The lowest BCUT2D eigenvalue weighted by atomic mass is 10.1. The van der Waals surface area contributed by atoms with Gasteiger partial charge in [0.1, 0.15) is 0 Å². The molecule has 0 aromatic carbocycles. The van der Waals surface area contributed by atoms with Crippen LogP contribution in [0.15, 0.2) is 5.38 Å². The molecule has 0 aliphatic heterocycles. The lowest BCUT2D eigenvalue weighted by Gasteiger charge is -2.04. The smallest absolute Gasteiger partial charge is 0.340 e. The number of H-pyrrole nitrogens is 1. The van der Waals surface area contributed by atoms with E-state index in [1.807, 2.05) is 26.3 Å². The van der Waals surface area contributed by atoms with Crippen LogP contribution in [-0.4, -0.2) is 29.6 Å². The van der Waals surface area contributed by atoms with Gasteiger partial charge in [-0.25, -0.2) is 9.78 Å². The maximum Gasteiger partial charge on any atom is 0.340 e. The molecule has 2 rings (SSSR count). The highest BCUT2D eigenvalue weighted by Crippen LogP contribution is 2.32. The number of carbonyl (C=O) groups excluding carboxylic acids is 1. The molecule has 2 heterocycles. The summed E-state index contributed by atoms with van der Waals surface area (Å²) in [6.07, 6.45) is 0. The van der Waals surface area contributed by atoms with E-state index in [9.17, 15) is 4.79 Å². The number of aromatic amines is 1. The fraction of sp³-hybridized carbons (Fsp3) is 0.385. The van der Waals surface area contributed by atoms with Gasteiger partial charge in [0.15, 0.2) is 5.13 Å². The molecule has 0 amide bonds. The van der Waals surface area contributed by atoms with Gasteiger partial charge in [0.2, 0.25) is 0 Å². The standard InChI is InChI=1S/C13H17N3O2S.ClH/c1-5-18-12(17)11-8(3)15-7(2)10(11)9-6-19-13(14-4)16-9;/h6,15H,5H2,1-4H3,(H,14,16);1H. The summed E-state index contributed by atoms with van der Waals surface area (Å²) in [5.41, 5.74) is 3.93. The second kappa shape index (κ2) is 6.76. The van der Waals surface area contributed by atoms with Crippen LogP contribution < -0.4 is 5.32 Å². The Hall–Kier alpha value is -1.53. The predicted molar refractivity (Wildman–Crippen MR) is 84.1 cm³/mol. The van der Waals surface area contributed by atoms with Crippen molar-refractivity contribution in [2.75, 3.05) is 19.0 Å². The van der Waals surface area contributed by atoms with Gasteiger partial charge in [0.25, 0.3) is 0 Å². The van der Waals surface area contributed by atoms with Gasteiger partial charge >= 0.3 is 5.97 Å². The Balaban J connectivity index is 0.00000200. The third kappa shape index (κ3) is 2.96. The number of nitrogens with one attached hydrogen (secondary N) is 2. The number of aromatic nitrogens is 2. The molecule has 0 atom stereocenters. The largest absolute Gasteiger partial charge is 0.462 e. The summed E-state index contributed by atoms with van der Waals surface area (Å²) in [7, 11) is 1.82. The van der Waals surface area contributed by atoms with Crippen LogP contribution in [0.3, 0.4) is 0 Å². The summed E-state index contributed by atoms with van der Waals surface area (Å²) >= 11 is 1.51. The molecule has 0 aliphatic rings. The third-order valence-corrected chi connectivity index (χ3v) is 3.69. The van der Waals surface area contributed by atoms with Gasteiger partial charge in [-0.15, -0.1) is 23.7 Å². The minimum atomic E-state index is -0.307. The monoisotopic (exact) mass is 315 g/mol. The Morgan fingerprint density at radius 2 is 2.15 bits per heavy atom. The zero-order valence-electron chi connectivity index (χ0n) is 11.9. The molecule has 5 nitrogen and oxygen atoms in total. The molecule has 0 aliphatic carbocycles. The summed E-state index contributed by atoms with van der Waals surface area (Å²) in [6.45, 7) is 5.96. The molecule has 0 fully saturated rings. The number of rotatable bonds is 4. The lowest BCUT2D eigenvalue weighted by Crippen LogP contribution is -2.06. The number of esters is 1. The van der Waals surface area contributed by atoms with E-state index >= 15 is 0 Å². The molecule has 110 valence electrons. The van der Waals surface area contributed by atoms with Gasteiger partial charge in [-0.1, -0.05) is 0 Å². The maximum atomic E-state index is 12.1. The van der Waals surface area contributed by atoms with Crippen LogP contribution in [-0.2, 0) is 4.74 Å². The van der Waals surface area contributed by atoms with Crippen molar-refractivity contribution in [2.24, 2.45) is 0 Å². The zero-order chi connectivity index (χ0) is 14.0. The summed E-state index contributed by atoms with van der Waals surface area (Å²) in [4.78, 5) is 19.7. The molecule has 2 N–H and O–H groups in total. The van der Waals surface area contributed by atoms with Crippen molar-refractivity contribution in [3.8, 4) is 11.3 Å². The Labute approximate surface area is 128 Å². The number of thiazole rings is 1. The van der Waals surface area contributed by atoms with Crippen LogP contribution in [0.1, 0.15) is 28.7 Å². The molecule has 20 heavy (non-hydrogen) atoms. The highest BCUT2D eigenvalue weighted by atomic mass is 35.5. The van der Waals surface area contributed by atoms with Gasteiger partial charge in [0, 0.05) is 29.4 Å². The number of carbonyl (C=O) groups is 1. The van der Waals surface area contributed by atoms with Crippen LogP contribution in [0, 0.1) is 13.8 Å². The molecule has 7 heteroatoms. The summed E-state index contributed by atoms with van der Waals surface area (Å²) in [6, 6.07) is 0. The van der Waals surface area contributed by atoms with Gasteiger partial charge in [-0.2, -0.15) is 0 Å². The number of ether oxygens (including phenoxy) is 1. The molecule has 0 saturated carbocycles. The van der Waals surface area contributed by atoms with Crippen molar-refractivity contribution in [1.29, 1.82) is 0 Å². The van der Waals surface area contributed by atoms with Gasteiger partial charge in [-0.3, -0.25) is 0 Å². The molecule has 0 saturated heterocycles.